The minimum atomic E-state index is -1.61. The van der Waals surface area contributed by atoms with Gasteiger partial charge in [0, 0.05) is 7.05 Å². The maximum absolute atomic E-state index is 6.44. The SMILES string of the molecule is CC(C)P(=N[P+](C)(C)O[Si](C)(C)C)(C(C)C)C(C)C. The third-order valence-corrected chi connectivity index (χ3v) is 15.3. The molecule has 0 amide bonds. The highest BCUT2D eigenvalue weighted by atomic mass is 31.2. The molecule has 2 nitrogen and oxygen atoms in total. The average molecular weight is 324 g/mol. The molecular weight excluding hydrogens is 288 g/mol. The van der Waals surface area contributed by atoms with Gasteiger partial charge in [0.1, 0.15) is 0 Å². The molecular formula is C14H36NOP2Si+. The fourth-order valence-corrected chi connectivity index (χ4v) is 18.0. The van der Waals surface area contributed by atoms with Gasteiger partial charge in [-0.2, -0.15) is 0 Å². The van der Waals surface area contributed by atoms with Crippen molar-refractivity contribution in [3.63, 3.8) is 0 Å². The second-order valence-electron chi connectivity index (χ2n) is 7.66. The first kappa shape index (κ1) is 19.8. The lowest BCUT2D eigenvalue weighted by Gasteiger charge is -2.37. The molecule has 0 rings (SSSR count). The van der Waals surface area contributed by atoms with E-state index in [4.69, 9.17) is 8.73 Å². The van der Waals surface area contributed by atoms with Gasteiger partial charge in [-0.1, -0.05) is 41.5 Å². The van der Waals surface area contributed by atoms with Gasteiger partial charge < -0.3 is 0 Å². The summed E-state index contributed by atoms with van der Waals surface area (Å²) in [6.45, 7) is 25.4. The summed E-state index contributed by atoms with van der Waals surface area (Å²) in [5.74, 6) is 0. The summed E-state index contributed by atoms with van der Waals surface area (Å²) in [7, 11) is -4.48. The number of hydrogen-bond donors (Lipinski definition) is 0. The van der Waals surface area contributed by atoms with Crippen LogP contribution in [0.15, 0.2) is 4.52 Å². The van der Waals surface area contributed by atoms with Gasteiger partial charge in [0.25, 0.3) is 0 Å². The molecule has 0 fully saturated rings. The standard InChI is InChI=1S/C14H36NOP2Si/c1-12(2)18(13(3)4,14(5)6)15-17(7,8)16-19(9,10)11/h12-14H,1-11H3/q+1. The van der Waals surface area contributed by atoms with Gasteiger partial charge in [-0.15, -0.1) is 4.52 Å². The fourth-order valence-electron chi connectivity index (χ4n) is 3.16. The molecule has 0 aliphatic rings. The molecule has 0 bridgehead atoms. The van der Waals surface area contributed by atoms with E-state index in [9.17, 15) is 0 Å². The van der Waals surface area contributed by atoms with Gasteiger partial charge >= 0.3 is 0 Å². The molecule has 0 N–H and O–H groups in total. The van der Waals surface area contributed by atoms with E-state index in [1.54, 1.807) is 0 Å². The maximum Gasteiger partial charge on any atom is 0.245 e. The summed E-state index contributed by atoms with van der Waals surface area (Å²) in [4.78, 5) is 0. The molecule has 0 aliphatic heterocycles. The van der Waals surface area contributed by atoms with E-state index in [0.29, 0.717) is 17.0 Å². The summed E-state index contributed by atoms with van der Waals surface area (Å²) >= 11 is 0. The van der Waals surface area contributed by atoms with E-state index in [2.05, 4.69) is 74.5 Å². The van der Waals surface area contributed by atoms with Crippen LogP contribution >= 0.6 is 14.7 Å². The monoisotopic (exact) mass is 324 g/mol. The van der Waals surface area contributed by atoms with Crippen LogP contribution < -0.4 is 0 Å². The van der Waals surface area contributed by atoms with Crippen molar-refractivity contribution >= 4 is 23.0 Å². The number of hydrogen-bond acceptors (Lipinski definition) is 2. The normalized spacial score (nSPS) is 14.6. The van der Waals surface area contributed by atoms with E-state index in [1.807, 2.05) is 0 Å². The molecule has 0 aromatic rings. The molecule has 0 unspecified atom stereocenters. The van der Waals surface area contributed by atoms with Crippen LogP contribution in [0.1, 0.15) is 41.5 Å². The smallest absolute Gasteiger partial charge is 0.245 e. The minimum Gasteiger partial charge on any atom is -0.260 e. The van der Waals surface area contributed by atoms with Crippen molar-refractivity contribution in [3.8, 4) is 0 Å². The molecule has 0 aliphatic carbocycles. The predicted molar refractivity (Wildman–Crippen MR) is 98.0 cm³/mol. The molecule has 0 radical (unpaired) electrons. The van der Waals surface area contributed by atoms with Gasteiger partial charge in [0.15, 0.2) is 0 Å². The van der Waals surface area contributed by atoms with Crippen LogP contribution in [0.4, 0.5) is 0 Å². The first-order valence-corrected chi connectivity index (χ1v) is 15.3. The van der Waals surface area contributed by atoms with Crippen molar-refractivity contribution in [1.82, 2.24) is 0 Å². The van der Waals surface area contributed by atoms with E-state index in [-0.39, 0.29) is 0 Å². The lowest BCUT2D eigenvalue weighted by Crippen LogP contribution is -2.25. The van der Waals surface area contributed by atoms with Gasteiger partial charge in [-0.05, 0) is 36.6 Å². The van der Waals surface area contributed by atoms with Crippen molar-refractivity contribution in [2.24, 2.45) is 4.52 Å². The number of rotatable bonds is 6. The molecule has 0 aromatic heterocycles. The Labute approximate surface area is 123 Å². The average Bonchev–Trinajstić information content (AvgIpc) is 2.08. The molecule has 0 heterocycles. The van der Waals surface area contributed by atoms with Crippen LogP contribution in [0, 0.1) is 0 Å². The topological polar surface area (TPSA) is 21.6 Å². The molecule has 0 saturated heterocycles. The lowest BCUT2D eigenvalue weighted by atomic mass is 10.5. The van der Waals surface area contributed by atoms with Crippen LogP contribution in [0.25, 0.3) is 0 Å². The molecule has 116 valence electrons. The van der Waals surface area contributed by atoms with Crippen molar-refractivity contribution < 1.29 is 4.21 Å². The molecule has 5 heteroatoms. The third-order valence-electron chi connectivity index (χ3n) is 3.35. The molecule has 0 spiro atoms. The Kier molecular flexibility index (Phi) is 7.03. The summed E-state index contributed by atoms with van der Waals surface area (Å²) in [6, 6.07) is 0. The second-order valence-corrected chi connectivity index (χ2v) is 20.6. The predicted octanol–water partition coefficient (Wildman–Crippen LogP) is 6.37. The van der Waals surface area contributed by atoms with Crippen molar-refractivity contribution in [2.45, 2.75) is 78.2 Å². The zero-order valence-electron chi connectivity index (χ0n) is 15.0. The van der Waals surface area contributed by atoms with Gasteiger partial charge in [-0.25, -0.2) is 0 Å². The maximum atomic E-state index is 6.44. The Morgan fingerprint density at radius 1 is 0.842 bits per heavy atom. The highest BCUT2D eigenvalue weighted by Gasteiger charge is 2.41. The van der Waals surface area contributed by atoms with E-state index >= 15 is 0 Å². The zero-order valence-corrected chi connectivity index (χ0v) is 17.8. The first-order chi connectivity index (χ1) is 8.24. The van der Waals surface area contributed by atoms with Crippen molar-refractivity contribution in [3.05, 3.63) is 0 Å². The van der Waals surface area contributed by atoms with Gasteiger partial charge in [-0.3, -0.25) is 4.21 Å². The van der Waals surface area contributed by atoms with Crippen LogP contribution in [0.2, 0.25) is 19.6 Å². The summed E-state index contributed by atoms with van der Waals surface area (Å²) in [6.07, 6.45) is 0. The van der Waals surface area contributed by atoms with Crippen LogP contribution in [-0.2, 0) is 4.21 Å². The largest absolute Gasteiger partial charge is 0.260 e. The zero-order chi connectivity index (χ0) is 15.6. The Morgan fingerprint density at radius 3 is 1.37 bits per heavy atom. The molecule has 19 heavy (non-hydrogen) atoms. The summed E-state index contributed by atoms with van der Waals surface area (Å²) in [5.41, 5.74) is 1.95. The van der Waals surface area contributed by atoms with Crippen molar-refractivity contribution in [2.75, 3.05) is 13.3 Å². The Bertz CT molecular complexity index is 315. The highest BCUT2D eigenvalue weighted by molar-refractivity contribution is 7.80. The third kappa shape index (κ3) is 5.62. The van der Waals surface area contributed by atoms with E-state index in [0.717, 1.165) is 0 Å². The van der Waals surface area contributed by atoms with Crippen molar-refractivity contribution in [1.29, 1.82) is 0 Å². The summed E-state index contributed by atoms with van der Waals surface area (Å²) < 4.78 is 11.9. The van der Waals surface area contributed by atoms with Crippen LogP contribution in [-0.4, -0.2) is 38.6 Å². The molecule has 0 saturated carbocycles. The van der Waals surface area contributed by atoms with Crippen LogP contribution in [0.3, 0.4) is 0 Å². The first-order valence-electron chi connectivity index (χ1n) is 7.42. The Hall–Kier alpha value is 0.837. The Balaban J connectivity index is 5.80. The van der Waals surface area contributed by atoms with E-state index < -0.39 is 23.0 Å². The second kappa shape index (κ2) is 6.73. The number of nitrogens with zero attached hydrogens (tertiary/aromatic N) is 1. The fraction of sp³-hybridized carbons (Fsp3) is 1.00. The molecule has 0 atom stereocenters. The lowest BCUT2D eigenvalue weighted by molar-refractivity contribution is 0.608. The van der Waals surface area contributed by atoms with E-state index in [1.165, 1.54) is 0 Å². The highest BCUT2D eigenvalue weighted by Crippen LogP contribution is 2.72. The van der Waals surface area contributed by atoms with Gasteiger partial charge in [0.2, 0.25) is 16.0 Å². The quantitative estimate of drug-likeness (QED) is 0.411. The Morgan fingerprint density at radius 2 is 1.16 bits per heavy atom. The van der Waals surface area contributed by atoms with Crippen LogP contribution in [0.5, 0.6) is 0 Å². The summed E-state index contributed by atoms with van der Waals surface area (Å²) in [5, 5.41) is 0. The molecule has 0 aromatic carbocycles. The van der Waals surface area contributed by atoms with Gasteiger partial charge in [0.05, 0.1) is 13.3 Å². The minimum absolute atomic E-state index is 0.650.